The Balaban J connectivity index is 1.70. The van der Waals surface area contributed by atoms with Crippen LogP contribution in [0.4, 0.5) is 0 Å². The summed E-state index contributed by atoms with van der Waals surface area (Å²) >= 11 is 0. The largest absolute Gasteiger partial charge is 0.339 e. The second-order valence-corrected chi connectivity index (χ2v) is 4.82. The molecule has 2 aromatic rings. The Morgan fingerprint density at radius 2 is 2.28 bits per heavy atom. The fourth-order valence-corrected chi connectivity index (χ4v) is 2.41. The quantitative estimate of drug-likeness (QED) is 0.888. The van der Waals surface area contributed by atoms with Crippen LogP contribution >= 0.6 is 0 Å². The minimum atomic E-state index is 0.279. The zero-order valence-corrected chi connectivity index (χ0v) is 10.1. The molecule has 5 heteroatoms. The van der Waals surface area contributed by atoms with Crippen molar-refractivity contribution in [1.29, 1.82) is 0 Å². The molecule has 1 aliphatic carbocycles. The third kappa shape index (κ3) is 2.41. The van der Waals surface area contributed by atoms with Gasteiger partial charge in [-0.05, 0) is 31.4 Å². The maximum absolute atomic E-state index is 5.89. The summed E-state index contributed by atoms with van der Waals surface area (Å²) in [7, 11) is 0. The van der Waals surface area contributed by atoms with Crippen molar-refractivity contribution >= 4 is 0 Å². The molecule has 0 saturated heterocycles. The van der Waals surface area contributed by atoms with Gasteiger partial charge in [0.25, 0.3) is 0 Å². The first-order valence-electron chi connectivity index (χ1n) is 6.29. The summed E-state index contributed by atoms with van der Waals surface area (Å²) < 4.78 is 5.32. The first-order valence-corrected chi connectivity index (χ1v) is 6.29. The van der Waals surface area contributed by atoms with Crippen LogP contribution in [0.25, 0.3) is 0 Å². The summed E-state index contributed by atoms with van der Waals surface area (Å²) in [4.78, 5) is 8.70. The van der Waals surface area contributed by atoms with E-state index >= 15 is 0 Å². The predicted molar refractivity (Wildman–Crippen MR) is 65.9 cm³/mol. The Labute approximate surface area is 105 Å². The van der Waals surface area contributed by atoms with Crippen molar-refractivity contribution in [3.63, 3.8) is 0 Å². The molecule has 3 rings (SSSR count). The summed E-state index contributed by atoms with van der Waals surface area (Å²) in [5.74, 6) is 1.77. The number of hydrogen-bond acceptors (Lipinski definition) is 5. The van der Waals surface area contributed by atoms with Crippen LogP contribution in [-0.4, -0.2) is 21.2 Å². The highest BCUT2D eigenvalue weighted by atomic mass is 16.5. The van der Waals surface area contributed by atoms with Crippen molar-refractivity contribution in [2.45, 2.75) is 37.6 Å². The zero-order valence-electron chi connectivity index (χ0n) is 10.1. The van der Waals surface area contributed by atoms with Crippen LogP contribution in [0.2, 0.25) is 0 Å². The van der Waals surface area contributed by atoms with Crippen LogP contribution in [0.1, 0.15) is 42.6 Å². The van der Waals surface area contributed by atoms with Crippen molar-refractivity contribution in [2.75, 3.05) is 0 Å². The minimum Gasteiger partial charge on any atom is -0.339 e. The Bertz CT molecular complexity index is 511. The van der Waals surface area contributed by atoms with Gasteiger partial charge in [-0.3, -0.25) is 4.98 Å². The van der Waals surface area contributed by atoms with E-state index in [-0.39, 0.29) is 6.04 Å². The lowest BCUT2D eigenvalue weighted by molar-refractivity contribution is 0.349. The number of pyridine rings is 1. The van der Waals surface area contributed by atoms with Gasteiger partial charge in [-0.2, -0.15) is 4.98 Å². The molecule has 2 unspecified atom stereocenters. The van der Waals surface area contributed by atoms with Crippen molar-refractivity contribution in [1.82, 2.24) is 15.1 Å². The zero-order chi connectivity index (χ0) is 12.4. The van der Waals surface area contributed by atoms with E-state index in [1.807, 2.05) is 18.2 Å². The van der Waals surface area contributed by atoms with E-state index < -0.39 is 0 Å². The average Bonchev–Trinajstić information content (AvgIpc) is 2.99. The van der Waals surface area contributed by atoms with Crippen LogP contribution < -0.4 is 5.73 Å². The van der Waals surface area contributed by atoms with Crippen molar-refractivity contribution in [2.24, 2.45) is 5.73 Å². The smallest absolute Gasteiger partial charge is 0.229 e. The molecule has 1 fully saturated rings. The third-order valence-corrected chi connectivity index (χ3v) is 3.37. The summed E-state index contributed by atoms with van der Waals surface area (Å²) in [5.41, 5.74) is 6.84. The average molecular weight is 244 g/mol. The van der Waals surface area contributed by atoms with Crippen molar-refractivity contribution in [3.05, 3.63) is 41.8 Å². The Morgan fingerprint density at radius 1 is 1.33 bits per heavy atom. The van der Waals surface area contributed by atoms with Gasteiger partial charge in [-0.25, -0.2) is 0 Å². The molecule has 0 bridgehead atoms. The molecular formula is C13H16N4O. The fourth-order valence-electron chi connectivity index (χ4n) is 2.41. The van der Waals surface area contributed by atoms with Crippen LogP contribution in [0.15, 0.2) is 28.9 Å². The Kier molecular flexibility index (Phi) is 3.06. The van der Waals surface area contributed by atoms with Gasteiger partial charge in [-0.1, -0.05) is 11.2 Å². The van der Waals surface area contributed by atoms with Crippen molar-refractivity contribution in [3.8, 4) is 0 Å². The van der Waals surface area contributed by atoms with Gasteiger partial charge in [0, 0.05) is 23.9 Å². The second kappa shape index (κ2) is 4.86. The second-order valence-electron chi connectivity index (χ2n) is 4.82. The number of nitrogens with two attached hydrogens (primary N) is 1. The van der Waals surface area contributed by atoms with Gasteiger partial charge in [-0.15, -0.1) is 0 Å². The minimum absolute atomic E-state index is 0.279. The monoisotopic (exact) mass is 244 g/mol. The molecule has 94 valence electrons. The van der Waals surface area contributed by atoms with Crippen LogP contribution in [0.3, 0.4) is 0 Å². The highest BCUT2D eigenvalue weighted by molar-refractivity contribution is 5.10. The van der Waals surface area contributed by atoms with Gasteiger partial charge in [0.05, 0.1) is 6.42 Å². The van der Waals surface area contributed by atoms with E-state index in [2.05, 4.69) is 15.1 Å². The van der Waals surface area contributed by atoms with E-state index in [1.165, 1.54) is 0 Å². The number of aromatic nitrogens is 3. The number of nitrogens with zero attached hydrogens (tertiary/aromatic N) is 3. The standard InChI is InChI=1S/C13H16N4O/c14-10-5-4-9(7-10)13-16-12(17-18-13)8-11-3-1-2-6-15-11/h1-3,6,9-10H,4-5,7-8,14H2. The summed E-state index contributed by atoms with van der Waals surface area (Å²) in [5, 5.41) is 4.01. The normalized spacial score (nSPS) is 23.4. The van der Waals surface area contributed by atoms with Gasteiger partial charge in [0.15, 0.2) is 5.82 Å². The van der Waals surface area contributed by atoms with E-state index in [0.29, 0.717) is 18.2 Å². The SMILES string of the molecule is NC1CCC(c2nc(Cc3ccccn3)no2)C1. The van der Waals surface area contributed by atoms with Gasteiger partial charge >= 0.3 is 0 Å². The summed E-state index contributed by atoms with van der Waals surface area (Å²) in [6.07, 6.45) is 5.43. The summed E-state index contributed by atoms with van der Waals surface area (Å²) in [6, 6.07) is 6.09. The maximum Gasteiger partial charge on any atom is 0.229 e. The predicted octanol–water partition coefficient (Wildman–Crippen LogP) is 1.65. The molecule has 0 aliphatic heterocycles. The molecule has 5 nitrogen and oxygen atoms in total. The van der Waals surface area contributed by atoms with Gasteiger partial charge in [0.1, 0.15) is 0 Å². The summed E-state index contributed by atoms with van der Waals surface area (Å²) in [6.45, 7) is 0. The van der Waals surface area contributed by atoms with Crippen LogP contribution in [0, 0.1) is 0 Å². The molecule has 0 radical (unpaired) electrons. The van der Waals surface area contributed by atoms with Gasteiger partial charge in [0.2, 0.25) is 5.89 Å². The lowest BCUT2D eigenvalue weighted by atomic mass is 10.1. The molecule has 2 atom stereocenters. The van der Waals surface area contributed by atoms with E-state index in [0.717, 1.165) is 30.8 Å². The topological polar surface area (TPSA) is 77.8 Å². The fraction of sp³-hybridized carbons (Fsp3) is 0.462. The maximum atomic E-state index is 5.89. The Morgan fingerprint density at radius 3 is 3.00 bits per heavy atom. The molecule has 2 N–H and O–H groups in total. The van der Waals surface area contributed by atoms with Crippen LogP contribution in [-0.2, 0) is 6.42 Å². The van der Waals surface area contributed by atoms with E-state index in [9.17, 15) is 0 Å². The van der Waals surface area contributed by atoms with E-state index in [4.69, 9.17) is 10.3 Å². The van der Waals surface area contributed by atoms with Crippen LogP contribution in [0.5, 0.6) is 0 Å². The Hall–Kier alpha value is -1.75. The molecule has 18 heavy (non-hydrogen) atoms. The molecular weight excluding hydrogens is 228 g/mol. The lowest BCUT2D eigenvalue weighted by Gasteiger charge is -2.01. The van der Waals surface area contributed by atoms with E-state index in [1.54, 1.807) is 6.20 Å². The molecule has 1 aliphatic rings. The highest BCUT2D eigenvalue weighted by Crippen LogP contribution is 2.32. The molecule has 0 amide bonds. The lowest BCUT2D eigenvalue weighted by Crippen LogP contribution is -2.14. The first kappa shape index (κ1) is 11.3. The molecule has 2 heterocycles. The number of hydrogen-bond donors (Lipinski definition) is 1. The molecule has 0 spiro atoms. The highest BCUT2D eigenvalue weighted by Gasteiger charge is 2.27. The van der Waals surface area contributed by atoms with Crippen molar-refractivity contribution < 1.29 is 4.52 Å². The molecule has 2 aromatic heterocycles. The third-order valence-electron chi connectivity index (χ3n) is 3.37. The number of rotatable bonds is 3. The first-order chi connectivity index (χ1) is 8.81. The molecule has 1 saturated carbocycles. The molecule has 0 aromatic carbocycles. The van der Waals surface area contributed by atoms with Gasteiger partial charge < -0.3 is 10.3 Å².